The van der Waals surface area contributed by atoms with Crippen molar-refractivity contribution in [3.05, 3.63) is 17.2 Å². The molecule has 0 aliphatic rings. The number of hydrogen-bond donors (Lipinski definition) is 2. The molecular formula is C13H18ClNO3S. The maximum Gasteiger partial charge on any atom is 0.237 e. The maximum absolute atomic E-state index is 12.0. The molecule has 1 aromatic carbocycles. The number of thiol groups is 1. The molecule has 1 rings (SSSR count). The van der Waals surface area contributed by atoms with Crippen molar-refractivity contribution in [2.24, 2.45) is 5.92 Å². The molecule has 0 radical (unpaired) electrons. The summed E-state index contributed by atoms with van der Waals surface area (Å²) < 4.78 is 10.3. The number of anilines is 1. The highest BCUT2D eigenvalue weighted by atomic mass is 35.5. The van der Waals surface area contributed by atoms with E-state index in [-0.39, 0.29) is 11.8 Å². The van der Waals surface area contributed by atoms with E-state index < -0.39 is 5.25 Å². The second-order valence-corrected chi connectivity index (χ2v) is 5.33. The largest absolute Gasteiger partial charge is 0.495 e. The lowest BCUT2D eigenvalue weighted by Crippen LogP contribution is -2.27. The first kappa shape index (κ1) is 16.0. The fraction of sp³-hybridized carbons (Fsp3) is 0.462. The fourth-order valence-electron chi connectivity index (χ4n) is 1.47. The van der Waals surface area contributed by atoms with Crippen LogP contribution < -0.4 is 14.8 Å². The second-order valence-electron chi connectivity index (χ2n) is 4.37. The quantitative estimate of drug-likeness (QED) is 0.821. The van der Waals surface area contributed by atoms with Crippen molar-refractivity contribution in [3.63, 3.8) is 0 Å². The number of ether oxygens (including phenoxy) is 2. The van der Waals surface area contributed by atoms with E-state index in [2.05, 4.69) is 17.9 Å². The summed E-state index contributed by atoms with van der Waals surface area (Å²) in [5, 5.41) is 2.76. The van der Waals surface area contributed by atoms with Crippen LogP contribution in [0.5, 0.6) is 11.5 Å². The molecule has 1 atom stereocenters. The third-order valence-corrected chi connectivity index (χ3v) is 3.76. The first-order valence-electron chi connectivity index (χ1n) is 5.81. The lowest BCUT2D eigenvalue weighted by atomic mass is 10.1. The molecule has 0 fully saturated rings. The van der Waals surface area contributed by atoms with E-state index in [0.29, 0.717) is 22.2 Å². The topological polar surface area (TPSA) is 47.6 Å². The Morgan fingerprint density at radius 2 is 1.84 bits per heavy atom. The molecule has 1 amide bonds. The molecule has 6 heteroatoms. The zero-order chi connectivity index (χ0) is 14.6. The van der Waals surface area contributed by atoms with Crippen LogP contribution in [-0.2, 0) is 4.79 Å². The number of methoxy groups -OCH3 is 2. The first-order valence-corrected chi connectivity index (χ1v) is 6.70. The fourth-order valence-corrected chi connectivity index (χ4v) is 1.77. The van der Waals surface area contributed by atoms with Crippen LogP contribution in [0, 0.1) is 5.92 Å². The number of nitrogens with one attached hydrogen (secondary N) is 1. The molecular weight excluding hydrogens is 286 g/mol. The third kappa shape index (κ3) is 3.94. The van der Waals surface area contributed by atoms with Crippen molar-refractivity contribution < 1.29 is 14.3 Å². The zero-order valence-corrected chi connectivity index (χ0v) is 13.0. The third-order valence-electron chi connectivity index (χ3n) is 2.63. The summed E-state index contributed by atoms with van der Waals surface area (Å²) in [6, 6.07) is 3.22. The minimum atomic E-state index is -0.398. The van der Waals surface area contributed by atoms with Gasteiger partial charge in [0.25, 0.3) is 0 Å². The summed E-state index contributed by atoms with van der Waals surface area (Å²) in [4.78, 5) is 12.0. The van der Waals surface area contributed by atoms with Gasteiger partial charge in [0.2, 0.25) is 5.91 Å². The molecule has 0 aliphatic carbocycles. The highest BCUT2D eigenvalue weighted by Crippen LogP contribution is 2.36. The van der Waals surface area contributed by atoms with Gasteiger partial charge in [0.1, 0.15) is 11.5 Å². The van der Waals surface area contributed by atoms with E-state index in [4.69, 9.17) is 21.1 Å². The van der Waals surface area contributed by atoms with Gasteiger partial charge in [0.15, 0.2) is 0 Å². The molecule has 1 aromatic rings. The van der Waals surface area contributed by atoms with E-state index in [0.717, 1.165) is 0 Å². The van der Waals surface area contributed by atoms with Gasteiger partial charge < -0.3 is 14.8 Å². The summed E-state index contributed by atoms with van der Waals surface area (Å²) in [5.74, 6) is 0.905. The molecule has 0 aliphatic heterocycles. The van der Waals surface area contributed by atoms with Gasteiger partial charge in [0.05, 0.1) is 30.2 Å². The van der Waals surface area contributed by atoms with Gasteiger partial charge in [-0.1, -0.05) is 25.4 Å². The standard InChI is InChI=1S/C13H18ClNO3S/c1-7(2)12(19)13(16)15-9-5-8(14)10(17-3)6-11(9)18-4/h5-7,12,19H,1-4H3,(H,15,16). The van der Waals surface area contributed by atoms with Crippen LogP contribution in [0.3, 0.4) is 0 Å². The number of halogens is 1. The van der Waals surface area contributed by atoms with Crippen LogP contribution in [0.25, 0.3) is 0 Å². The average molecular weight is 304 g/mol. The molecule has 19 heavy (non-hydrogen) atoms. The van der Waals surface area contributed by atoms with E-state index in [9.17, 15) is 4.79 Å². The van der Waals surface area contributed by atoms with Gasteiger partial charge in [-0.3, -0.25) is 4.79 Å². The van der Waals surface area contributed by atoms with Crippen LogP contribution in [0.15, 0.2) is 12.1 Å². The number of rotatable bonds is 5. The van der Waals surface area contributed by atoms with Crippen LogP contribution in [0.4, 0.5) is 5.69 Å². The summed E-state index contributed by atoms with van der Waals surface area (Å²) in [6.45, 7) is 3.85. The Morgan fingerprint density at radius 3 is 2.32 bits per heavy atom. The molecule has 0 saturated carbocycles. The molecule has 0 spiro atoms. The van der Waals surface area contributed by atoms with Gasteiger partial charge in [-0.2, -0.15) is 12.6 Å². The smallest absolute Gasteiger partial charge is 0.237 e. The van der Waals surface area contributed by atoms with E-state index in [1.807, 2.05) is 13.8 Å². The molecule has 106 valence electrons. The van der Waals surface area contributed by atoms with Crippen molar-refractivity contribution in [1.29, 1.82) is 0 Å². The number of carbonyl (C=O) groups excluding carboxylic acids is 1. The molecule has 1 N–H and O–H groups in total. The Morgan fingerprint density at radius 1 is 1.26 bits per heavy atom. The van der Waals surface area contributed by atoms with Crippen LogP contribution in [-0.4, -0.2) is 25.4 Å². The Bertz CT molecular complexity index is 465. The van der Waals surface area contributed by atoms with Crippen molar-refractivity contribution in [2.45, 2.75) is 19.1 Å². The summed E-state index contributed by atoms with van der Waals surface area (Å²) in [6.07, 6.45) is 0. The Kier molecular flexibility index (Phi) is 5.82. The van der Waals surface area contributed by atoms with Crippen LogP contribution in [0.2, 0.25) is 5.02 Å². The lowest BCUT2D eigenvalue weighted by Gasteiger charge is -2.17. The number of amides is 1. The highest BCUT2D eigenvalue weighted by Gasteiger charge is 2.20. The molecule has 0 saturated heterocycles. The van der Waals surface area contributed by atoms with Gasteiger partial charge in [-0.05, 0) is 12.0 Å². The monoisotopic (exact) mass is 303 g/mol. The van der Waals surface area contributed by atoms with E-state index in [1.165, 1.54) is 14.2 Å². The predicted molar refractivity (Wildman–Crippen MR) is 80.8 cm³/mol. The minimum absolute atomic E-state index is 0.128. The molecule has 4 nitrogen and oxygen atoms in total. The second kappa shape index (κ2) is 6.91. The van der Waals surface area contributed by atoms with Crippen LogP contribution in [0.1, 0.15) is 13.8 Å². The SMILES string of the molecule is COc1cc(OC)c(NC(=O)C(S)C(C)C)cc1Cl. The first-order chi connectivity index (χ1) is 8.90. The molecule has 1 unspecified atom stereocenters. The van der Waals surface area contributed by atoms with E-state index in [1.54, 1.807) is 12.1 Å². The molecule has 0 bridgehead atoms. The summed E-state index contributed by atoms with van der Waals surface area (Å²) >= 11 is 10.3. The predicted octanol–water partition coefficient (Wildman–Crippen LogP) is 3.25. The number of carbonyl (C=O) groups is 1. The van der Waals surface area contributed by atoms with Crippen molar-refractivity contribution in [2.75, 3.05) is 19.5 Å². The number of benzene rings is 1. The minimum Gasteiger partial charge on any atom is -0.495 e. The highest BCUT2D eigenvalue weighted by molar-refractivity contribution is 7.81. The zero-order valence-electron chi connectivity index (χ0n) is 11.4. The summed E-state index contributed by atoms with van der Waals surface area (Å²) in [7, 11) is 3.03. The molecule has 0 heterocycles. The van der Waals surface area contributed by atoms with Gasteiger partial charge in [-0.15, -0.1) is 0 Å². The Hall–Kier alpha value is -1.07. The average Bonchev–Trinajstić information content (AvgIpc) is 2.37. The van der Waals surface area contributed by atoms with Crippen molar-refractivity contribution in [3.8, 4) is 11.5 Å². The van der Waals surface area contributed by atoms with Gasteiger partial charge in [-0.25, -0.2) is 0 Å². The lowest BCUT2D eigenvalue weighted by molar-refractivity contribution is -0.116. The maximum atomic E-state index is 12.0. The van der Waals surface area contributed by atoms with Gasteiger partial charge >= 0.3 is 0 Å². The van der Waals surface area contributed by atoms with Crippen molar-refractivity contribution in [1.82, 2.24) is 0 Å². The van der Waals surface area contributed by atoms with E-state index >= 15 is 0 Å². The Balaban J connectivity index is 3.01. The Labute approximate surface area is 123 Å². The molecule has 0 aromatic heterocycles. The number of hydrogen-bond acceptors (Lipinski definition) is 4. The van der Waals surface area contributed by atoms with Gasteiger partial charge in [0, 0.05) is 6.07 Å². The summed E-state index contributed by atoms with van der Waals surface area (Å²) in [5.41, 5.74) is 0.498. The van der Waals surface area contributed by atoms with Crippen molar-refractivity contribution >= 4 is 35.8 Å². The normalized spacial score (nSPS) is 12.2. The van der Waals surface area contributed by atoms with Crippen LogP contribution >= 0.6 is 24.2 Å².